The molecule has 20 heavy (non-hydrogen) atoms. The molecule has 0 fully saturated rings. The highest BCUT2D eigenvalue weighted by molar-refractivity contribution is 5.20. The van der Waals surface area contributed by atoms with Crippen LogP contribution in [0.2, 0.25) is 0 Å². The third-order valence-corrected chi connectivity index (χ3v) is 3.57. The van der Waals surface area contributed by atoms with Crippen molar-refractivity contribution in [1.82, 2.24) is 20.1 Å². The average molecular weight is 272 g/mol. The van der Waals surface area contributed by atoms with E-state index in [1.54, 1.807) is 11.0 Å². The number of aryl methyl sites for hydroxylation is 1. The number of hydrogen-bond acceptors (Lipinski definition) is 3. The van der Waals surface area contributed by atoms with Crippen LogP contribution < -0.4 is 5.32 Å². The van der Waals surface area contributed by atoms with Gasteiger partial charge in [0.15, 0.2) is 5.82 Å². The topological polar surface area (TPSA) is 42.7 Å². The fraction of sp³-hybridized carbons (Fsp3) is 0.500. The van der Waals surface area contributed by atoms with Crippen LogP contribution in [0.4, 0.5) is 0 Å². The Kier molecular flexibility index (Phi) is 5.30. The minimum absolute atomic E-state index is 0.549. The summed E-state index contributed by atoms with van der Waals surface area (Å²) in [6.45, 7) is 6.47. The molecule has 4 heteroatoms. The monoisotopic (exact) mass is 272 g/mol. The predicted octanol–water partition coefficient (Wildman–Crippen LogP) is 2.39. The number of nitrogens with zero attached hydrogens (tertiary/aromatic N) is 3. The van der Waals surface area contributed by atoms with Crippen molar-refractivity contribution in [2.75, 3.05) is 13.1 Å². The number of rotatable bonds is 7. The normalized spacial score (nSPS) is 12.8. The maximum absolute atomic E-state index is 4.29. The largest absolute Gasteiger partial charge is 0.316 e. The molecule has 0 spiro atoms. The van der Waals surface area contributed by atoms with Gasteiger partial charge >= 0.3 is 0 Å². The summed E-state index contributed by atoms with van der Waals surface area (Å²) in [5.74, 6) is 2.08. The van der Waals surface area contributed by atoms with Gasteiger partial charge in [0.25, 0.3) is 0 Å². The van der Waals surface area contributed by atoms with Crippen LogP contribution in [-0.4, -0.2) is 27.9 Å². The van der Waals surface area contributed by atoms with Crippen LogP contribution >= 0.6 is 0 Å². The van der Waals surface area contributed by atoms with Crippen molar-refractivity contribution in [2.24, 2.45) is 13.0 Å². The third-order valence-electron chi connectivity index (χ3n) is 3.57. The van der Waals surface area contributed by atoms with Crippen LogP contribution in [0.15, 0.2) is 36.7 Å². The first kappa shape index (κ1) is 14.7. The van der Waals surface area contributed by atoms with Crippen molar-refractivity contribution in [2.45, 2.75) is 26.2 Å². The Labute approximate surface area is 121 Å². The molecule has 108 valence electrons. The lowest BCUT2D eigenvalue weighted by atomic mass is 9.88. The van der Waals surface area contributed by atoms with E-state index in [2.05, 4.69) is 59.6 Å². The van der Waals surface area contributed by atoms with E-state index in [9.17, 15) is 0 Å². The zero-order chi connectivity index (χ0) is 14.4. The van der Waals surface area contributed by atoms with E-state index in [4.69, 9.17) is 0 Å². The standard InChI is InChI=1S/C16H24N4/c1-13(2)15(14-7-5-4-6-8-14)11-17-10-9-16-18-12-20(3)19-16/h4-8,12-13,15,17H,9-11H2,1-3H3. The molecule has 1 N–H and O–H groups in total. The molecule has 0 radical (unpaired) electrons. The summed E-state index contributed by atoms with van der Waals surface area (Å²) in [6, 6.07) is 10.7. The van der Waals surface area contributed by atoms with Gasteiger partial charge in [-0.3, -0.25) is 4.68 Å². The van der Waals surface area contributed by atoms with Gasteiger partial charge in [0.1, 0.15) is 6.33 Å². The SMILES string of the molecule is CC(C)C(CNCCc1ncn(C)n1)c1ccccc1. The quantitative estimate of drug-likeness (QED) is 0.787. The second-order valence-corrected chi connectivity index (χ2v) is 5.55. The minimum Gasteiger partial charge on any atom is -0.316 e. The molecule has 1 atom stereocenters. The highest BCUT2D eigenvalue weighted by atomic mass is 15.3. The Bertz CT molecular complexity index is 504. The molecular weight excluding hydrogens is 248 g/mol. The summed E-state index contributed by atoms with van der Waals surface area (Å²) in [6.07, 6.45) is 2.62. The zero-order valence-electron chi connectivity index (χ0n) is 12.6. The van der Waals surface area contributed by atoms with E-state index in [0.29, 0.717) is 11.8 Å². The van der Waals surface area contributed by atoms with Gasteiger partial charge in [-0.05, 0) is 17.4 Å². The first-order valence-electron chi connectivity index (χ1n) is 7.27. The van der Waals surface area contributed by atoms with Crippen LogP contribution in [-0.2, 0) is 13.5 Å². The third kappa shape index (κ3) is 4.17. The van der Waals surface area contributed by atoms with Crippen molar-refractivity contribution in [1.29, 1.82) is 0 Å². The van der Waals surface area contributed by atoms with Gasteiger partial charge in [-0.1, -0.05) is 44.2 Å². The summed E-state index contributed by atoms with van der Waals surface area (Å²) < 4.78 is 1.75. The smallest absolute Gasteiger partial charge is 0.151 e. The molecule has 1 aromatic carbocycles. The van der Waals surface area contributed by atoms with Crippen LogP contribution in [0.1, 0.15) is 31.2 Å². The summed E-state index contributed by atoms with van der Waals surface area (Å²) >= 11 is 0. The van der Waals surface area contributed by atoms with Crippen molar-refractivity contribution >= 4 is 0 Å². The van der Waals surface area contributed by atoms with Crippen molar-refractivity contribution in [3.8, 4) is 0 Å². The van der Waals surface area contributed by atoms with Crippen molar-refractivity contribution < 1.29 is 0 Å². The number of aromatic nitrogens is 3. The molecular formula is C16H24N4. The lowest BCUT2D eigenvalue weighted by Gasteiger charge is -2.21. The molecule has 1 heterocycles. The van der Waals surface area contributed by atoms with Gasteiger partial charge in [-0.2, -0.15) is 5.10 Å². The molecule has 1 unspecified atom stereocenters. The van der Waals surface area contributed by atoms with Crippen LogP contribution in [0.5, 0.6) is 0 Å². The number of nitrogens with one attached hydrogen (secondary N) is 1. The van der Waals surface area contributed by atoms with Gasteiger partial charge in [0, 0.05) is 26.6 Å². The highest BCUT2D eigenvalue weighted by Crippen LogP contribution is 2.23. The van der Waals surface area contributed by atoms with Gasteiger partial charge in [0.2, 0.25) is 0 Å². The minimum atomic E-state index is 0.549. The predicted molar refractivity (Wildman–Crippen MR) is 81.6 cm³/mol. The Morgan fingerprint density at radius 2 is 1.95 bits per heavy atom. The second-order valence-electron chi connectivity index (χ2n) is 5.55. The van der Waals surface area contributed by atoms with Gasteiger partial charge in [0.05, 0.1) is 0 Å². The highest BCUT2D eigenvalue weighted by Gasteiger charge is 2.14. The molecule has 0 saturated heterocycles. The summed E-state index contributed by atoms with van der Waals surface area (Å²) in [7, 11) is 1.90. The van der Waals surface area contributed by atoms with Crippen molar-refractivity contribution in [3.05, 3.63) is 48.0 Å². The Balaban J connectivity index is 1.81. The molecule has 0 saturated carbocycles. The lowest BCUT2D eigenvalue weighted by molar-refractivity contribution is 0.462. The number of hydrogen-bond donors (Lipinski definition) is 1. The molecule has 1 aromatic heterocycles. The second kappa shape index (κ2) is 7.20. The Hall–Kier alpha value is -1.68. The van der Waals surface area contributed by atoms with Crippen LogP contribution in [0.25, 0.3) is 0 Å². The van der Waals surface area contributed by atoms with Gasteiger partial charge in [-0.25, -0.2) is 4.98 Å². The van der Waals surface area contributed by atoms with Gasteiger partial charge in [-0.15, -0.1) is 0 Å². The molecule has 0 bridgehead atoms. The molecule has 2 rings (SSSR count). The van der Waals surface area contributed by atoms with E-state index in [0.717, 1.165) is 25.3 Å². The van der Waals surface area contributed by atoms with Crippen LogP contribution in [0.3, 0.4) is 0 Å². The van der Waals surface area contributed by atoms with Crippen LogP contribution in [0, 0.1) is 5.92 Å². The average Bonchev–Trinajstić information content (AvgIpc) is 2.85. The summed E-state index contributed by atoms with van der Waals surface area (Å²) in [5.41, 5.74) is 1.41. The molecule has 2 aromatic rings. The zero-order valence-corrected chi connectivity index (χ0v) is 12.6. The van der Waals surface area contributed by atoms with E-state index < -0.39 is 0 Å². The number of benzene rings is 1. The Morgan fingerprint density at radius 1 is 1.20 bits per heavy atom. The Morgan fingerprint density at radius 3 is 2.55 bits per heavy atom. The first-order valence-corrected chi connectivity index (χ1v) is 7.27. The summed E-state index contributed by atoms with van der Waals surface area (Å²) in [5, 5.41) is 7.82. The van der Waals surface area contributed by atoms with Gasteiger partial charge < -0.3 is 5.32 Å². The van der Waals surface area contributed by atoms with E-state index in [-0.39, 0.29) is 0 Å². The first-order chi connectivity index (χ1) is 9.66. The molecule has 0 aliphatic rings. The maximum Gasteiger partial charge on any atom is 0.151 e. The maximum atomic E-state index is 4.29. The molecule has 0 aliphatic heterocycles. The molecule has 0 amide bonds. The lowest BCUT2D eigenvalue weighted by Crippen LogP contribution is -2.26. The fourth-order valence-corrected chi connectivity index (χ4v) is 2.39. The van der Waals surface area contributed by atoms with Crippen molar-refractivity contribution in [3.63, 3.8) is 0 Å². The van der Waals surface area contributed by atoms with E-state index in [1.807, 2.05) is 7.05 Å². The molecule has 4 nitrogen and oxygen atoms in total. The molecule has 0 aliphatic carbocycles. The van der Waals surface area contributed by atoms with E-state index >= 15 is 0 Å². The fourth-order valence-electron chi connectivity index (χ4n) is 2.39. The van der Waals surface area contributed by atoms with E-state index in [1.165, 1.54) is 5.56 Å². The summed E-state index contributed by atoms with van der Waals surface area (Å²) in [4.78, 5) is 4.24.